The van der Waals surface area contributed by atoms with Crippen LogP contribution in [0.25, 0.3) is 10.8 Å². The maximum Gasteiger partial charge on any atom is 0.308 e. The molecule has 3 nitrogen and oxygen atoms in total. The van der Waals surface area contributed by atoms with E-state index < -0.39 is 0 Å². The molecule has 31 heavy (non-hydrogen) atoms. The molecule has 3 heteroatoms. The van der Waals surface area contributed by atoms with Gasteiger partial charge in [0.1, 0.15) is 5.75 Å². The lowest BCUT2D eigenvalue weighted by Gasteiger charge is -2.39. The Kier molecular flexibility index (Phi) is 13.9. The van der Waals surface area contributed by atoms with Crippen molar-refractivity contribution in [1.82, 2.24) is 0 Å². The van der Waals surface area contributed by atoms with E-state index in [1.165, 1.54) is 89.0 Å². The van der Waals surface area contributed by atoms with Crippen molar-refractivity contribution < 1.29 is 14.0 Å². The van der Waals surface area contributed by atoms with E-state index >= 15 is 0 Å². The number of carbonyl (C=O) groups excluding carboxylic acids is 1. The average molecular weight is 429 g/mol. The Hall–Kier alpha value is -1.87. The van der Waals surface area contributed by atoms with E-state index in [9.17, 15) is 4.79 Å². The molecule has 0 saturated heterocycles. The van der Waals surface area contributed by atoms with E-state index in [4.69, 9.17) is 4.74 Å². The van der Waals surface area contributed by atoms with E-state index in [1.54, 1.807) is 6.07 Å². The molecule has 0 bridgehead atoms. The second-order valence-electron chi connectivity index (χ2n) is 8.72. The highest BCUT2D eigenvalue weighted by Gasteiger charge is 2.24. The summed E-state index contributed by atoms with van der Waals surface area (Å²) in [6.45, 7) is 16.4. The average Bonchev–Trinajstić information content (AvgIpc) is 2.78. The number of quaternary nitrogens is 1. The number of rotatable bonds is 13. The molecule has 0 fully saturated rings. The second kappa shape index (κ2) is 15.9. The van der Waals surface area contributed by atoms with Gasteiger partial charge < -0.3 is 9.22 Å². The quantitative estimate of drug-likeness (QED) is 0.185. The van der Waals surface area contributed by atoms with Gasteiger partial charge in [0, 0.05) is 12.3 Å². The zero-order chi connectivity index (χ0) is 23.0. The Bertz CT molecular complexity index is 698. The Morgan fingerprint density at radius 1 is 0.710 bits per heavy atom. The number of hydrogen-bond acceptors (Lipinski definition) is 2. The Labute approximate surface area is 191 Å². The molecular weight excluding hydrogens is 382 g/mol. The maximum absolute atomic E-state index is 10.8. The molecule has 2 rings (SSSR count). The Morgan fingerprint density at radius 2 is 1.16 bits per heavy atom. The lowest BCUT2D eigenvalue weighted by atomic mass is 10.1. The van der Waals surface area contributed by atoms with Crippen molar-refractivity contribution in [2.24, 2.45) is 0 Å². The van der Waals surface area contributed by atoms with Gasteiger partial charge in [0.25, 0.3) is 0 Å². The maximum atomic E-state index is 10.8. The summed E-state index contributed by atoms with van der Waals surface area (Å²) in [6, 6.07) is 13.5. The van der Waals surface area contributed by atoms with E-state index in [0.717, 1.165) is 10.8 Å². The van der Waals surface area contributed by atoms with Crippen molar-refractivity contribution >= 4 is 16.7 Å². The van der Waals surface area contributed by atoms with Crippen LogP contribution < -0.4 is 4.74 Å². The minimum absolute atomic E-state index is 0.290. The van der Waals surface area contributed by atoms with E-state index in [1.807, 2.05) is 36.4 Å². The number of unbranched alkanes of at least 4 members (excludes halogenated alkanes) is 4. The number of nitrogens with zero attached hydrogens (tertiary/aromatic N) is 1. The third-order valence-electron chi connectivity index (χ3n) is 5.95. The summed E-state index contributed by atoms with van der Waals surface area (Å²) in [6.07, 6.45) is 11.1. The molecule has 0 aliphatic carbocycles. The highest BCUT2D eigenvalue weighted by molar-refractivity contribution is 5.90. The number of carbonyl (C=O) groups is 1. The largest absolute Gasteiger partial charge is 0.426 e. The lowest BCUT2D eigenvalue weighted by Crippen LogP contribution is -2.50. The molecule has 2 aromatic rings. The first-order chi connectivity index (χ1) is 15.0. The number of fused-ring (bicyclic) bond motifs is 1. The third-order valence-corrected chi connectivity index (χ3v) is 5.95. The van der Waals surface area contributed by atoms with Crippen LogP contribution in [0.1, 0.15) is 86.0 Å². The molecule has 0 amide bonds. The Balaban J connectivity index is 0.000000314. The van der Waals surface area contributed by atoms with Crippen molar-refractivity contribution in [1.29, 1.82) is 0 Å². The molecule has 0 atom stereocenters. The van der Waals surface area contributed by atoms with Crippen LogP contribution >= 0.6 is 0 Å². The standard InChI is InChI=1S/C16H36N.C12H10O2/c1-5-9-13-17(14-10-6-2,15-11-7-3)16-12-8-4;1-9(13)14-12-8-4-6-10-5-2-3-7-11(10)12/h5-16H2,1-4H3;2-8H,1H3/q+1;. The molecule has 0 N–H and O–H groups in total. The molecular formula is C28H46NO2+. The minimum atomic E-state index is -0.290. The van der Waals surface area contributed by atoms with Crippen molar-refractivity contribution in [3.8, 4) is 5.75 Å². The van der Waals surface area contributed by atoms with E-state index in [2.05, 4.69) is 27.7 Å². The van der Waals surface area contributed by atoms with Gasteiger partial charge in [0.2, 0.25) is 0 Å². The van der Waals surface area contributed by atoms with Gasteiger partial charge in [0.15, 0.2) is 0 Å². The van der Waals surface area contributed by atoms with Gasteiger partial charge in [0.05, 0.1) is 26.2 Å². The van der Waals surface area contributed by atoms with Crippen LogP contribution in [-0.4, -0.2) is 36.6 Å². The molecule has 0 saturated carbocycles. The molecule has 2 aromatic carbocycles. The predicted octanol–water partition coefficient (Wildman–Crippen LogP) is 7.77. The van der Waals surface area contributed by atoms with Crippen molar-refractivity contribution in [2.75, 3.05) is 26.2 Å². The molecule has 0 aliphatic heterocycles. The van der Waals surface area contributed by atoms with Gasteiger partial charge in [-0.05, 0) is 37.1 Å². The highest BCUT2D eigenvalue weighted by Crippen LogP contribution is 2.25. The normalized spacial score (nSPS) is 11.1. The summed E-state index contributed by atoms with van der Waals surface area (Å²) >= 11 is 0. The van der Waals surface area contributed by atoms with Crippen molar-refractivity contribution in [3.05, 3.63) is 42.5 Å². The third kappa shape index (κ3) is 10.3. The first-order valence-corrected chi connectivity index (χ1v) is 12.5. The van der Waals surface area contributed by atoms with Crippen LogP contribution in [0, 0.1) is 0 Å². The monoisotopic (exact) mass is 428 g/mol. The molecule has 174 valence electrons. The number of benzene rings is 2. The van der Waals surface area contributed by atoms with Crippen LogP contribution in [-0.2, 0) is 4.79 Å². The van der Waals surface area contributed by atoms with Gasteiger partial charge in [-0.3, -0.25) is 4.79 Å². The molecule has 0 spiro atoms. The number of esters is 1. The zero-order valence-corrected chi connectivity index (χ0v) is 20.8. The fourth-order valence-electron chi connectivity index (χ4n) is 4.08. The van der Waals surface area contributed by atoms with Crippen LogP contribution in [0.5, 0.6) is 5.75 Å². The van der Waals surface area contributed by atoms with Gasteiger partial charge in [-0.15, -0.1) is 0 Å². The van der Waals surface area contributed by atoms with Gasteiger partial charge in [-0.2, -0.15) is 0 Å². The van der Waals surface area contributed by atoms with Crippen LogP contribution in [0.4, 0.5) is 0 Å². The fraction of sp³-hybridized carbons (Fsp3) is 0.607. The number of hydrogen-bond donors (Lipinski definition) is 0. The molecule has 0 aromatic heterocycles. The molecule has 0 unspecified atom stereocenters. The second-order valence-corrected chi connectivity index (χ2v) is 8.72. The first-order valence-electron chi connectivity index (χ1n) is 12.5. The van der Waals surface area contributed by atoms with Gasteiger partial charge in [-0.1, -0.05) is 89.8 Å². The summed E-state index contributed by atoms with van der Waals surface area (Å²) in [4.78, 5) is 10.8. The summed E-state index contributed by atoms with van der Waals surface area (Å²) in [5.41, 5.74) is 0. The summed E-state index contributed by atoms with van der Waals surface area (Å²) in [5, 5.41) is 2.04. The van der Waals surface area contributed by atoms with E-state index in [-0.39, 0.29) is 5.97 Å². The predicted molar refractivity (Wildman–Crippen MR) is 135 cm³/mol. The SMILES string of the molecule is CC(=O)Oc1cccc2ccccc12.CCCC[N+](CCCC)(CCCC)CCCC. The zero-order valence-electron chi connectivity index (χ0n) is 20.8. The molecule has 0 radical (unpaired) electrons. The molecule has 0 heterocycles. The summed E-state index contributed by atoms with van der Waals surface area (Å²) in [7, 11) is 0. The molecule has 0 aliphatic rings. The minimum Gasteiger partial charge on any atom is -0.426 e. The smallest absolute Gasteiger partial charge is 0.308 e. The van der Waals surface area contributed by atoms with Crippen molar-refractivity contribution in [3.63, 3.8) is 0 Å². The number of ether oxygens (including phenoxy) is 1. The fourth-order valence-corrected chi connectivity index (χ4v) is 4.08. The Morgan fingerprint density at radius 3 is 1.61 bits per heavy atom. The van der Waals surface area contributed by atoms with Crippen LogP contribution in [0.2, 0.25) is 0 Å². The lowest BCUT2D eigenvalue weighted by molar-refractivity contribution is -0.929. The van der Waals surface area contributed by atoms with Crippen LogP contribution in [0.3, 0.4) is 0 Å². The summed E-state index contributed by atoms with van der Waals surface area (Å²) in [5.74, 6) is 0.331. The summed E-state index contributed by atoms with van der Waals surface area (Å²) < 4.78 is 6.51. The topological polar surface area (TPSA) is 26.3 Å². The van der Waals surface area contributed by atoms with Gasteiger partial charge >= 0.3 is 5.97 Å². The van der Waals surface area contributed by atoms with Crippen LogP contribution in [0.15, 0.2) is 42.5 Å². The van der Waals surface area contributed by atoms with E-state index in [0.29, 0.717) is 5.75 Å². The van der Waals surface area contributed by atoms with Gasteiger partial charge in [-0.25, -0.2) is 0 Å². The first kappa shape index (κ1) is 27.2. The highest BCUT2D eigenvalue weighted by atomic mass is 16.5. The van der Waals surface area contributed by atoms with Crippen molar-refractivity contribution in [2.45, 2.75) is 86.0 Å².